The van der Waals surface area contributed by atoms with E-state index in [9.17, 15) is 0 Å². The van der Waals surface area contributed by atoms with E-state index in [4.69, 9.17) is 4.74 Å². The summed E-state index contributed by atoms with van der Waals surface area (Å²) in [4.78, 5) is 4.66. The summed E-state index contributed by atoms with van der Waals surface area (Å²) in [6.45, 7) is 3.32. The highest BCUT2D eigenvalue weighted by atomic mass is 16.5. The first-order chi connectivity index (χ1) is 10.4. The third-order valence-electron chi connectivity index (χ3n) is 3.30. The van der Waals surface area contributed by atoms with Crippen LogP contribution in [0.1, 0.15) is 12.6 Å². The third kappa shape index (κ3) is 3.14. The number of ether oxygens (including phenoxy) is 1. The average molecular weight is 278 g/mol. The van der Waals surface area contributed by atoms with Crippen LogP contribution in [0.5, 0.6) is 5.75 Å². The predicted octanol–water partition coefficient (Wildman–Crippen LogP) is 4.25. The molecule has 0 aliphatic rings. The van der Waals surface area contributed by atoms with E-state index in [1.165, 1.54) is 0 Å². The van der Waals surface area contributed by atoms with Crippen molar-refractivity contribution >= 4 is 16.6 Å². The van der Waals surface area contributed by atoms with Crippen molar-refractivity contribution in [2.75, 3.05) is 11.9 Å². The Labute approximate surface area is 124 Å². The van der Waals surface area contributed by atoms with Gasteiger partial charge in [0.15, 0.2) is 0 Å². The maximum absolute atomic E-state index is 5.61. The molecule has 0 aliphatic carbocycles. The second-order valence-electron chi connectivity index (χ2n) is 4.78. The number of nitrogens with zero attached hydrogens (tertiary/aromatic N) is 1. The molecule has 0 fully saturated rings. The first-order valence-electron chi connectivity index (χ1n) is 7.17. The van der Waals surface area contributed by atoms with Crippen molar-refractivity contribution in [2.24, 2.45) is 0 Å². The van der Waals surface area contributed by atoms with Crippen molar-refractivity contribution in [3.05, 3.63) is 66.4 Å². The van der Waals surface area contributed by atoms with Gasteiger partial charge in [0.25, 0.3) is 0 Å². The summed E-state index contributed by atoms with van der Waals surface area (Å²) in [5, 5.41) is 4.55. The van der Waals surface area contributed by atoms with Gasteiger partial charge in [0, 0.05) is 5.39 Å². The molecule has 3 heteroatoms. The Morgan fingerprint density at radius 3 is 2.67 bits per heavy atom. The molecule has 0 bridgehead atoms. The van der Waals surface area contributed by atoms with E-state index < -0.39 is 0 Å². The van der Waals surface area contributed by atoms with E-state index in [0.29, 0.717) is 13.2 Å². The fourth-order valence-electron chi connectivity index (χ4n) is 2.29. The zero-order chi connectivity index (χ0) is 14.5. The molecule has 0 aliphatic heterocycles. The van der Waals surface area contributed by atoms with E-state index in [0.717, 1.165) is 28.0 Å². The van der Waals surface area contributed by atoms with Gasteiger partial charge >= 0.3 is 0 Å². The standard InChI is InChI=1S/C18H18N2O/c1-2-21-18-10-6-5-9-17(18)19-13-15-12-11-14-7-3-4-8-16(14)20-15/h3-12,19H,2,13H2,1H3. The SMILES string of the molecule is CCOc1ccccc1NCc1ccc2ccccc2n1. The molecule has 1 aromatic heterocycles. The van der Waals surface area contributed by atoms with Crippen LogP contribution >= 0.6 is 0 Å². The first-order valence-corrected chi connectivity index (χ1v) is 7.17. The van der Waals surface area contributed by atoms with Crippen molar-refractivity contribution < 1.29 is 4.74 Å². The molecule has 3 nitrogen and oxygen atoms in total. The zero-order valence-electron chi connectivity index (χ0n) is 12.0. The molecule has 3 aromatic rings. The van der Waals surface area contributed by atoms with Gasteiger partial charge in [-0.3, -0.25) is 4.98 Å². The lowest BCUT2D eigenvalue weighted by Gasteiger charge is -2.12. The molecular formula is C18H18N2O. The number of hydrogen-bond donors (Lipinski definition) is 1. The minimum atomic E-state index is 0.660. The summed E-state index contributed by atoms with van der Waals surface area (Å²) in [5.74, 6) is 0.876. The summed E-state index contributed by atoms with van der Waals surface area (Å²) in [7, 11) is 0. The molecule has 0 unspecified atom stereocenters. The van der Waals surface area contributed by atoms with Gasteiger partial charge in [0.1, 0.15) is 5.75 Å². The fourth-order valence-corrected chi connectivity index (χ4v) is 2.29. The van der Waals surface area contributed by atoms with E-state index in [1.54, 1.807) is 0 Å². The monoisotopic (exact) mass is 278 g/mol. The van der Waals surface area contributed by atoms with Crippen LogP contribution in [0.25, 0.3) is 10.9 Å². The number of anilines is 1. The van der Waals surface area contributed by atoms with Crippen LogP contribution in [-0.2, 0) is 6.54 Å². The summed E-state index contributed by atoms with van der Waals surface area (Å²) in [5.41, 5.74) is 3.03. The second-order valence-corrected chi connectivity index (χ2v) is 4.78. The van der Waals surface area contributed by atoms with Gasteiger partial charge in [-0.15, -0.1) is 0 Å². The minimum Gasteiger partial charge on any atom is -0.492 e. The molecular weight excluding hydrogens is 260 g/mol. The van der Waals surface area contributed by atoms with Gasteiger partial charge in [-0.1, -0.05) is 36.4 Å². The number of para-hydroxylation sites is 3. The van der Waals surface area contributed by atoms with Crippen molar-refractivity contribution in [2.45, 2.75) is 13.5 Å². The van der Waals surface area contributed by atoms with Gasteiger partial charge in [-0.05, 0) is 31.2 Å². The molecule has 0 saturated heterocycles. The molecule has 0 saturated carbocycles. The van der Waals surface area contributed by atoms with E-state index >= 15 is 0 Å². The van der Waals surface area contributed by atoms with Gasteiger partial charge in [0.2, 0.25) is 0 Å². The predicted molar refractivity (Wildman–Crippen MR) is 86.7 cm³/mol. The lowest BCUT2D eigenvalue weighted by Crippen LogP contribution is -2.04. The average Bonchev–Trinajstić information content (AvgIpc) is 2.54. The number of rotatable bonds is 5. The second kappa shape index (κ2) is 6.27. The molecule has 1 N–H and O–H groups in total. The third-order valence-corrected chi connectivity index (χ3v) is 3.30. The Kier molecular flexibility index (Phi) is 4.01. The molecule has 3 rings (SSSR count). The van der Waals surface area contributed by atoms with Crippen LogP contribution in [0.3, 0.4) is 0 Å². The Hall–Kier alpha value is -2.55. The van der Waals surface area contributed by atoms with E-state index in [-0.39, 0.29) is 0 Å². The highest BCUT2D eigenvalue weighted by molar-refractivity contribution is 5.78. The summed E-state index contributed by atoms with van der Waals surface area (Å²) >= 11 is 0. The van der Waals surface area contributed by atoms with E-state index in [1.807, 2.05) is 49.4 Å². The van der Waals surface area contributed by atoms with Crippen molar-refractivity contribution in [3.8, 4) is 5.75 Å². The van der Waals surface area contributed by atoms with Crippen LogP contribution in [0.4, 0.5) is 5.69 Å². The lowest BCUT2D eigenvalue weighted by molar-refractivity contribution is 0.341. The number of fused-ring (bicyclic) bond motifs is 1. The molecule has 0 radical (unpaired) electrons. The molecule has 106 valence electrons. The van der Waals surface area contributed by atoms with Crippen molar-refractivity contribution in [1.82, 2.24) is 4.98 Å². The molecule has 0 spiro atoms. The van der Waals surface area contributed by atoms with Crippen molar-refractivity contribution in [3.63, 3.8) is 0 Å². The highest BCUT2D eigenvalue weighted by Gasteiger charge is 2.03. The quantitative estimate of drug-likeness (QED) is 0.757. The maximum atomic E-state index is 5.61. The normalized spacial score (nSPS) is 10.5. The number of aromatic nitrogens is 1. The Bertz CT molecular complexity index is 740. The van der Waals surface area contributed by atoms with Gasteiger partial charge in [-0.2, -0.15) is 0 Å². The maximum Gasteiger partial charge on any atom is 0.142 e. The summed E-state index contributed by atoms with van der Waals surface area (Å²) in [6.07, 6.45) is 0. The Balaban J connectivity index is 1.77. The van der Waals surface area contributed by atoms with Gasteiger partial charge in [0.05, 0.1) is 30.0 Å². The topological polar surface area (TPSA) is 34.1 Å². The molecule has 0 amide bonds. The summed E-state index contributed by atoms with van der Waals surface area (Å²) in [6, 6.07) is 20.3. The molecule has 0 atom stereocenters. The van der Waals surface area contributed by atoms with Crippen LogP contribution in [0.15, 0.2) is 60.7 Å². The van der Waals surface area contributed by atoms with Crippen LogP contribution in [-0.4, -0.2) is 11.6 Å². The lowest BCUT2D eigenvalue weighted by atomic mass is 10.2. The molecule has 2 aromatic carbocycles. The number of pyridine rings is 1. The Morgan fingerprint density at radius 1 is 0.952 bits per heavy atom. The largest absolute Gasteiger partial charge is 0.492 e. The Morgan fingerprint density at radius 2 is 1.76 bits per heavy atom. The number of hydrogen-bond acceptors (Lipinski definition) is 3. The molecule has 21 heavy (non-hydrogen) atoms. The fraction of sp³-hybridized carbons (Fsp3) is 0.167. The minimum absolute atomic E-state index is 0.660. The van der Waals surface area contributed by atoms with Gasteiger partial charge in [-0.25, -0.2) is 0 Å². The highest BCUT2D eigenvalue weighted by Crippen LogP contribution is 2.24. The summed E-state index contributed by atoms with van der Waals surface area (Å²) < 4.78 is 5.61. The van der Waals surface area contributed by atoms with Crippen LogP contribution in [0.2, 0.25) is 0 Å². The smallest absolute Gasteiger partial charge is 0.142 e. The molecule has 1 heterocycles. The van der Waals surface area contributed by atoms with Gasteiger partial charge < -0.3 is 10.1 Å². The van der Waals surface area contributed by atoms with Crippen molar-refractivity contribution in [1.29, 1.82) is 0 Å². The van der Waals surface area contributed by atoms with Crippen LogP contribution < -0.4 is 10.1 Å². The zero-order valence-corrected chi connectivity index (χ0v) is 12.0. The number of benzene rings is 2. The first kappa shape index (κ1) is 13.4. The van der Waals surface area contributed by atoms with E-state index in [2.05, 4.69) is 28.5 Å². The van der Waals surface area contributed by atoms with Crippen LogP contribution in [0, 0.1) is 0 Å². The number of nitrogens with one attached hydrogen (secondary N) is 1.